The summed E-state index contributed by atoms with van der Waals surface area (Å²) in [6.07, 6.45) is 4.86. The van der Waals surface area contributed by atoms with E-state index in [-0.39, 0.29) is 5.91 Å². The molecule has 21 heavy (non-hydrogen) atoms. The van der Waals surface area contributed by atoms with Gasteiger partial charge in [0.2, 0.25) is 5.91 Å². The zero-order chi connectivity index (χ0) is 15.2. The molecule has 0 aromatic heterocycles. The van der Waals surface area contributed by atoms with Crippen LogP contribution in [0.3, 0.4) is 0 Å². The van der Waals surface area contributed by atoms with Gasteiger partial charge in [-0.25, -0.2) is 4.79 Å². The highest BCUT2D eigenvalue weighted by atomic mass is 16.4. The van der Waals surface area contributed by atoms with Crippen LogP contribution in [0.25, 0.3) is 6.08 Å². The van der Waals surface area contributed by atoms with Crippen LogP contribution in [0, 0.1) is 0 Å². The number of carboxylic acid groups (broad SMARTS) is 1. The number of hydrogen-bond acceptors (Lipinski definition) is 3. The number of carbonyl (C=O) groups is 2. The molecule has 1 amide bonds. The summed E-state index contributed by atoms with van der Waals surface area (Å²) in [6, 6.07) is 8.01. The SMILES string of the molecule is CN(CC(=O)NC1CC1)Cc1ccc(C=CC(=O)O)cc1. The molecule has 5 heteroatoms. The van der Waals surface area contributed by atoms with Gasteiger partial charge in [-0.3, -0.25) is 9.69 Å². The number of nitrogens with one attached hydrogen (secondary N) is 1. The van der Waals surface area contributed by atoms with Gasteiger partial charge in [0.15, 0.2) is 0 Å². The van der Waals surface area contributed by atoms with Gasteiger partial charge < -0.3 is 10.4 Å². The van der Waals surface area contributed by atoms with Gasteiger partial charge in [-0.1, -0.05) is 24.3 Å². The summed E-state index contributed by atoms with van der Waals surface area (Å²) in [6.45, 7) is 1.07. The Balaban J connectivity index is 1.81. The molecule has 0 unspecified atom stereocenters. The summed E-state index contributed by atoms with van der Waals surface area (Å²) in [5.74, 6) is -0.888. The van der Waals surface area contributed by atoms with Crippen molar-refractivity contribution in [1.82, 2.24) is 10.2 Å². The van der Waals surface area contributed by atoms with Crippen molar-refractivity contribution in [3.8, 4) is 0 Å². The molecule has 0 saturated heterocycles. The van der Waals surface area contributed by atoms with E-state index in [2.05, 4.69) is 5.32 Å². The van der Waals surface area contributed by atoms with Crippen molar-refractivity contribution in [2.45, 2.75) is 25.4 Å². The van der Waals surface area contributed by atoms with Crippen LogP contribution < -0.4 is 5.32 Å². The first-order valence-electron chi connectivity index (χ1n) is 7.01. The summed E-state index contributed by atoms with van der Waals surface area (Å²) >= 11 is 0. The lowest BCUT2D eigenvalue weighted by molar-refractivity contribution is -0.131. The van der Waals surface area contributed by atoms with Gasteiger partial charge in [0.05, 0.1) is 6.54 Å². The Kier molecular flexibility index (Phi) is 5.11. The minimum Gasteiger partial charge on any atom is -0.478 e. The molecule has 112 valence electrons. The minimum absolute atomic E-state index is 0.0704. The molecule has 0 heterocycles. The number of benzene rings is 1. The molecule has 0 radical (unpaired) electrons. The highest BCUT2D eigenvalue weighted by Gasteiger charge is 2.23. The first-order valence-corrected chi connectivity index (χ1v) is 7.01. The van der Waals surface area contributed by atoms with Gasteiger partial charge in [0.25, 0.3) is 0 Å². The van der Waals surface area contributed by atoms with E-state index in [4.69, 9.17) is 5.11 Å². The Labute approximate surface area is 124 Å². The highest BCUT2D eigenvalue weighted by Crippen LogP contribution is 2.18. The molecular formula is C16H20N2O3. The van der Waals surface area contributed by atoms with Gasteiger partial charge >= 0.3 is 5.97 Å². The molecule has 1 saturated carbocycles. The van der Waals surface area contributed by atoms with Crippen molar-refractivity contribution >= 4 is 18.0 Å². The second-order valence-corrected chi connectivity index (χ2v) is 5.43. The van der Waals surface area contributed by atoms with Crippen molar-refractivity contribution in [2.75, 3.05) is 13.6 Å². The normalized spacial score (nSPS) is 14.6. The zero-order valence-corrected chi connectivity index (χ0v) is 12.1. The Morgan fingerprint density at radius 1 is 1.33 bits per heavy atom. The number of nitrogens with zero attached hydrogens (tertiary/aromatic N) is 1. The van der Waals surface area contributed by atoms with E-state index in [1.54, 1.807) is 6.08 Å². The number of carbonyl (C=O) groups excluding carboxylic acids is 1. The molecule has 0 bridgehead atoms. The molecule has 1 aromatic carbocycles. The van der Waals surface area contributed by atoms with Crippen LogP contribution in [-0.4, -0.2) is 41.5 Å². The van der Waals surface area contributed by atoms with E-state index in [9.17, 15) is 9.59 Å². The monoisotopic (exact) mass is 288 g/mol. The molecule has 2 N–H and O–H groups in total. The van der Waals surface area contributed by atoms with E-state index >= 15 is 0 Å². The fourth-order valence-corrected chi connectivity index (χ4v) is 2.02. The predicted molar refractivity (Wildman–Crippen MR) is 80.6 cm³/mol. The molecule has 0 spiro atoms. The number of carboxylic acids is 1. The molecule has 1 aliphatic rings. The standard InChI is InChI=1S/C16H20N2O3/c1-18(11-15(19)17-14-7-8-14)10-13-4-2-12(3-5-13)6-9-16(20)21/h2-6,9,14H,7-8,10-11H2,1H3,(H,17,19)(H,20,21). The van der Waals surface area contributed by atoms with Crippen LogP contribution in [0.5, 0.6) is 0 Å². The van der Waals surface area contributed by atoms with Crippen LogP contribution >= 0.6 is 0 Å². The Hall–Kier alpha value is -2.14. The summed E-state index contributed by atoms with van der Waals surface area (Å²) in [5, 5.41) is 11.5. The number of likely N-dealkylation sites (N-methyl/N-ethyl adjacent to an activating group) is 1. The number of hydrogen-bond donors (Lipinski definition) is 2. The fraction of sp³-hybridized carbons (Fsp3) is 0.375. The molecular weight excluding hydrogens is 268 g/mol. The zero-order valence-electron chi connectivity index (χ0n) is 12.1. The molecule has 1 fully saturated rings. The van der Waals surface area contributed by atoms with Crippen LogP contribution in [0.2, 0.25) is 0 Å². The third-order valence-electron chi connectivity index (χ3n) is 3.21. The van der Waals surface area contributed by atoms with Crippen molar-refractivity contribution in [1.29, 1.82) is 0 Å². The quantitative estimate of drug-likeness (QED) is 0.746. The smallest absolute Gasteiger partial charge is 0.328 e. The summed E-state index contributed by atoms with van der Waals surface area (Å²) in [7, 11) is 1.91. The molecule has 1 aromatic rings. The maximum Gasteiger partial charge on any atom is 0.328 e. The predicted octanol–water partition coefficient (Wildman–Crippen LogP) is 1.49. The van der Waals surface area contributed by atoms with E-state index in [1.165, 1.54) is 0 Å². The van der Waals surface area contributed by atoms with E-state index in [1.807, 2.05) is 36.2 Å². The van der Waals surface area contributed by atoms with Gasteiger partial charge in [-0.05, 0) is 37.1 Å². The maximum absolute atomic E-state index is 11.7. The third kappa shape index (κ3) is 5.79. The van der Waals surface area contributed by atoms with Crippen LogP contribution in [0.4, 0.5) is 0 Å². The van der Waals surface area contributed by atoms with Crippen molar-refractivity contribution in [3.05, 3.63) is 41.5 Å². The molecule has 2 rings (SSSR count). The maximum atomic E-state index is 11.7. The van der Waals surface area contributed by atoms with Gasteiger partial charge in [-0.15, -0.1) is 0 Å². The van der Waals surface area contributed by atoms with Crippen LogP contribution in [-0.2, 0) is 16.1 Å². The van der Waals surface area contributed by atoms with Gasteiger partial charge in [0.1, 0.15) is 0 Å². The van der Waals surface area contributed by atoms with Gasteiger partial charge in [0, 0.05) is 18.7 Å². The first kappa shape index (κ1) is 15.3. The highest BCUT2D eigenvalue weighted by molar-refractivity contribution is 5.85. The van der Waals surface area contributed by atoms with Crippen molar-refractivity contribution in [3.63, 3.8) is 0 Å². The molecule has 0 atom stereocenters. The Bertz CT molecular complexity index is 533. The third-order valence-corrected chi connectivity index (χ3v) is 3.21. The van der Waals surface area contributed by atoms with E-state index < -0.39 is 5.97 Å². The topological polar surface area (TPSA) is 69.6 Å². The Morgan fingerprint density at radius 2 is 2.00 bits per heavy atom. The lowest BCUT2D eigenvalue weighted by Gasteiger charge is -2.16. The van der Waals surface area contributed by atoms with Gasteiger partial charge in [-0.2, -0.15) is 0 Å². The minimum atomic E-state index is -0.958. The first-order chi connectivity index (χ1) is 10.0. The largest absolute Gasteiger partial charge is 0.478 e. The van der Waals surface area contributed by atoms with Crippen molar-refractivity contribution < 1.29 is 14.7 Å². The fourth-order valence-electron chi connectivity index (χ4n) is 2.02. The lowest BCUT2D eigenvalue weighted by Crippen LogP contribution is -2.35. The number of aliphatic carboxylic acids is 1. The van der Waals surface area contributed by atoms with Crippen molar-refractivity contribution in [2.24, 2.45) is 0 Å². The second-order valence-electron chi connectivity index (χ2n) is 5.43. The summed E-state index contributed by atoms with van der Waals surface area (Å²) in [5.41, 5.74) is 1.93. The summed E-state index contributed by atoms with van der Waals surface area (Å²) < 4.78 is 0. The van der Waals surface area contributed by atoms with E-state index in [0.717, 1.165) is 30.0 Å². The average molecular weight is 288 g/mol. The van der Waals surface area contributed by atoms with E-state index in [0.29, 0.717) is 19.1 Å². The Morgan fingerprint density at radius 3 is 2.57 bits per heavy atom. The second kappa shape index (κ2) is 7.04. The molecule has 0 aliphatic heterocycles. The van der Waals surface area contributed by atoms with Crippen LogP contribution in [0.1, 0.15) is 24.0 Å². The summed E-state index contributed by atoms with van der Waals surface area (Å²) in [4.78, 5) is 24.1. The number of rotatable bonds is 7. The molecule has 5 nitrogen and oxygen atoms in total. The molecule has 1 aliphatic carbocycles. The lowest BCUT2D eigenvalue weighted by atomic mass is 10.1. The average Bonchev–Trinajstić information content (AvgIpc) is 3.21. The van der Waals surface area contributed by atoms with Crippen LogP contribution in [0.15, 0.2) is 30.3 Å². The number of amides is 1.